The Morgan fingerprint density at radius 2 is 2.06 bits per heavy atom. The van der Waals surface area contributed by atoms with Crippen LogP contribution in [0.1, 0.15) is 12.5 Å². The smallest absolute Gasteiger partial charge is 0.310 e. The van der Waals surface area contributed by atoms with Crippen LogP contribution in [0.4, 0.5) is 8.78 Å². The van der Waals surface area contributed by atoms with E-state index < -0.39 is 17.6 Å². The predicted octanol–water partition coefficient (Wildman–Crippen LogP) is 2.08. The van der Waals surface area contributed by atoms with Gasteiger partial charge in [-0.15, -0.1) is 0 Å². The van der Waals surface area contributed by atoms with Gasteiger partial charge in [-0.25, -0.2) is 8.78 Å². The Morgan fingerprint density at radius 1 is 1.38 bits per heavy atom. The van der Waals surface area contributed by atoms with Gasteiger partial charge in [-0.05, 0) is 13.0 Å². The number of esters is 1. The van der Waals surface area contributed by atoms with Gasteiger partial charge in [-0.3, -0.25) is 4.79 Å². The van der Waals surface area contributed by atoms with Crippen LogP contribution in [0.2, 0.25) is 0 Å². The summed E-state index contributed by atoms with van der Waals surface area (Å²) in [5, 5.41) is 0. The number of benzene rings is 1. The Balaban J connectivity index is 2.95. The van der Waals surface area contributed by atoms with Crippen molar-refractivity contribution < 1.29 is 23.0 Å². The third-order valence-electron chi connectivity index (χ3n) is 1.94. The lowest BCUT2D eigenvalue weighted by molar-refractivity contribution is -0.142. The quantitative estimate of drug-likeness (QED) is 0.743. The molecular weight excluding hydrogens is 218 g/mol. The van der Waals surface area contributed by atoms with E-state index in [1.54, 1.807) is 6.92 Å². The van der Waals surface area contributed by atoms with Crippen molar-refractivity contribution in [2.45, 2.75) is 13.3 Å². The molecule has 0 aromatic heterocycles. The highest BCUT2D eigenvalue weighted by Crippen LogP contribution is 2.22. The molecule has 0 aliphatic heterocycles. The zero-order chi connectivity index (χ0) is 12.1. The molecule has 0 radical (unpaired) electrons. The maximum atomic E-state index is 13.6. The van der Waals surface area contributed by atoms with Gasteiger partial charge in [0.25, 0.3) is 0 Å². The molecule has 0 atom stereocenters. The van der Waals surface area contributed by atoms with Crippen molar-refractivity contribution in [3.8, 4) is 5.75 Å². The first kappa shape index (κ1) is 12.4. The molecule has 0 spiro atoms. The maximum Gasteiger partial charge on any atom is 0.310 e. The second-order valence-electron chi connectivity index (χ2n) is 3.06. The first-order valence-corrected chi connectivity index (χ1v) is 4.76. The molecule has 0 aliphatic carbocycles. The largest absolute Gasteiger partial charge is 0.494 e. The third-order valence-corrected chi connectivity index (χ3v) is 1.94. The molecule has 3 nitrogen and oxygen atoms in total. The topological polar surface area (TPSA) is 35.5 Å². The Kier molecular flexibility index (Phi) is 4.22. The molecule has 0 unspecified atom stereocenters. The molecular formula is C11H12F2O3. The van der Waals surface area contributed by atoms with Crippen LogP contribution in [0.15, 0.2) is 12.1 Å². The van der Waals surface area contributed by atoms with Gasteiger partial charge in [0.15, 0.2) is 11.6 Å². The lowest BCUT2D eigenvalue weighted by Crippen LogP contribution is -2.09. The van der Waals surface area contributed by atoms with E-state index in [4.69, 9.17) is 0 Å². The Bertz CT molecular complexity index is 391. The minimum atomic E-state index is -0.739. The van der Waals surface area contributed by atoms with E-state index in [1.165, 1.54) is 7.11 Å². The van der Waals surface area contributed by atoms with Crippen molar-refractivity contribution in [1.82, 2.24) is 0 Å². The van der Waals surface area contributed by atoms with Crippen LogP contribution in [0, 0.1) is 11.6 Å². The summed E-state index contributed by atoms with van der Waals surface area (Å²) >= 11 is 0. The number of ether oxygens (including phenoxy) is 2. The number of hydrogen-bond acceptors (Lipinski definition) is 3. The molecule has 0 bridgehead atoms. The first-order valence-electron chi connectivity index (χ1n) is 4.76. The summed E-state index contributed by atoms with van der Waals surface area (Å²) in [5.41, 5.74) is -0.0738. The van der Waals surface area contributed by atoms with Crippen LogP contribution in [0.3, 0.4) is 0 Å². The molecule has 0 amide bonds. The molecule has 88 valence electrons. The predicted molar refractivity (Wildman–Crippen MR) is 53.2 cm³/mol. The summed E-state index contributed by atoms with van der Waals surface area (Å²) in [4.78, 5) is 11.1. The van der Waals surface area contributed by atoms with E-state index in [-0.39, 0.29) is 24.3 Å². The highest BCUT2D eigenvalue weighted by Gasteiger charge is 2.15. The number of carbonyl (C=O) groups is 1. The fourth-order valence-corrected chi connectivity index (χ4v) is 1.26. The zero-order valence-electron chi connectivity index (χ0n) is 9.05. The van der Waals surface area contributed by atoms with Crippen molar-refractivity contribution in [3.63, 3.8) is 0 Å². The van der Waals surface area contributed by atoms with Gasteiger partial charge < -0.3 is 9.47 Å². The number of hydrogen-bond donors (Lipinski definition) is 0. The van der Waals surface area contributed by atoms with E-state index in [1.807, 2.05) is 0 Å². The molecule has 16 heavy (non-hydrogen) atoms. The maximum absolute atomic E-state index is 13.6. The number of halogens is 2. The minimum Gasteiger partial charge on any atom is -0.494 e. The first-order chi connectivity index (χ1) is 7.58. The Hall–Kier alpha value is -1.65. The second kappa shape index (κ2) is 5.44. The van der Waals surface area contributed by atoms with E-state index in [9.17, 15) is 13.6 Å². The molecule has 0 saturated heterocycles. The monoisotopic (exact) mass is 230 g/mol. The molecule has 1 aromatic carbocycles. The van der Waals surface area contributed by atoms with Crippen LogP contribution in [0.5, 0.6) is 5.75 Å². The van der Waals surface area contributed by atoms with E-state index >= 15 is 0 Å². The summed E-state index contributed by atoms with van der Waals surface area (Å²) in [5.74, 6) is -2.22. The number of carbonyl (C=O) groups excluding carboxylic acids is 1. The lowest BCUT2D eigenvalue weighted by atomic mass is 10.1. The fourth-order valence-electron chi connectivity index (χ4n) is 1.26. The summed E-state index contributed by atoms with van der Waals surface area (Å²) in [6, 6.07) is 1.87. The van der Waals surface area contributed by atoms with Crippen molar-refractivity contribution in [1.29, 1.82) is 0 Å². The van der Waals surface area contributed by atoms with Crippen LogP contribution in [-0.4, -0.2) is 19.7 Å². The molecule has 0 fully saturated rings. The number of rotatable bonds is 4. The average Bonchev–Trinajstić information content (AvgIpc) is 2.23. The van der Waals surface area contributed by atoms with Crippen LogP contribution < -0.4 is 4.74 Å². The van der Waals surface area contributed by atoms with Gasteiger partial charge in [-0.2, -0.15) is 0 Å². The summed E-state index contributed by atoms with van der Waals surface area (Å²) < 4.78 is 35.9. The second-order valence-corrected chi connectivity index (χ2v) is 3.06. The lowest BCUT2D eigenvalue weighted by Gasteiger charge is -2.07. The van der Waals surface area contributed by atoms with Gasteiger partial charge in [0.2, 0.25) is 0 Å². The molecule has 1 rings (SSSR count). The van der Waals surface area contributed by atoms with Crippen LogP contribution in [0.25, 0.3) is 0 Å². The molecule has 0 saturated carbocycles. The molecule has 0 aliphatic rings. The van der Waals surface area contributed by atoms with Crippen molar-refractivity contribution >= 4 is 5.97 Å². The third kappa shape index (κ3) is 2.92. The molecule has 0 N–H and O–H groups in total. The number of methoxy groups -OCH3 is 1. The van der Waals surface area contributed by atoms with Gasteiger partial charge in [0.05, 0.1) is 20.1 Å². The molecule has 1 aromatic rings. The van der Waals surface area contributed by atoms with E-state index in [0.717, 1.165) is 12.1 Å². The normalized spacial score (nSPS) is 10.0. The average molecular weight is 230 g/mol. The van der Waals surface area contributed by atoms with Gasteiger partial charge in [0.1, 0.15) is 5.82 Å². The van der Waals surface area contributed by atoms with E-state index in [0.29, 0.717) is 0 Å². The van der Waals surface area contributed by atoms with E-state index in [2.05, 4.69) is 9.47 Å². The SMILES string of the molecule is CCOC(=O)Cc1cc(F)cc(OC)c1F. The zero-order valence-corrected chi connectivity index (χ0v) is 9.05. The van der Waals surface area contributed by atoms with Crippen LogP contribution in [-0.2, 0) is 16.0 Å². The van der Waals surface area contributed by atoms with Crippen LogP contribution >= 0.6 is 0 Å². The van der Waals surface area contributed by atoms with Crippen molar-refractivity contribution in [2.24, 2.45) is 0 Å². The highest BCUT2D eigenvalue weighted by molar-refractivity contribution is 5.72. The summed E-state index contributed by atoms with van der Waals surface area (Å²) in [7, 11) is 1.23. The summed E-state index contributed by atoms with van der Waals surface area (Å²) in [6.45, 7) is 1.84. The van der Waals surface area contributed by atoms with Crippen molar-refractivity contribution in [2.75, 3.05) is 13.7 Å². The van der Waals surface area contributed by atoms with Gasteiger partial charge >= 0.3 is 5.97 Å². The Labute approximate surface area is 92.0 Å². The summed E-state index contributed by atoms with van der Waals surface area (Å²) in [6.07, 6.45) is -0.312. The minimum absolute atomic E-state index is 0.0738. The highest BCUT2D eigenvalue weighted by atomic mass is 19.1. The fraction of sp³-hybridized carbons (Fsp3) is 0.364. The van der Waals surface area contributed by atoms with Gasteiger partial charge in [0, 0.05) is 11.6 Å². The Morgan fingerprint density at radius 3 is 2.62 bits per heavy atom. The molecule has 0 heterocycles. The standard InChI is InChI=1S/C11H12F2O3/c1-3-16-10(14)5-7-4-8(12)6-9(15-2)11(7)13/h4,6H,3,5H2,1-2H3. The van der Waals surface area contributed by atoms with Gasteiger partial charge in [-0.1, -0.05) is 0 Å². The van der Waals surface area contributed by atoms with Crippen molar-refractivity contribution in [3.05, 3.63) is 29.3 Å². The molecule has 5 heteroatoms.